The molecule has 0 saturated carbocycles. The molecule has 0 aromatic heterocycles. The van der Waals surface area contributed by atoms with Crippen LogP contribution in [0.25, 0.3) is 0 Å². The van der Waals surface area contributed by atoms with Crippen LogP contribution in [-0.4, -0.2) is 17.5 Å². The summed E-state index contributed by atoms with van der Waals surface area (Å²) >= 11 is 10.1. The number of nitrogen functional groups attached to an aromatic ring is 1. The van der Waals surface area contributed by atoms with E-state index in [1.807, 2.05) is 12.1 Å². The standard InChI is InChI=1S/C6H5Br3N2.H2O4S/c7-3-1-2-4(11-10)6(9)5(3)8;1-5(2,3)4/h1-2,11H,10H2;(H2,1,2,3,4). The number of hydrogen-bond acceptors (Lipinski definition) is 4. The van der Waals surface area contributed by atoms with E-state index in [0.717, 1.165) is 19.1 Å². The molecule has 0 bridgehead atoms. The first kappa shape index (κ1) is 16.3. The van der Waals surface area contributed by atoms with Crippen molar-refractivity contribution in [3.05, 3.63) is 25.6 Å². The molecule has 0 spiro atoms. The third-order valence-corrected chi connectivity index (χ3v) is 4.56. The predicted octanol–water partition coefficient (Wildman–Crippen LogP) is 2.61. The van der Waals surface area contributed by atoms with Crippen molar-refractivity contribution < 1.29 is 17.5 Å². The monoisotopic (exact) mass is 440 g/mol. The van der Waals surface area contributed by atoms with Crippen LogP contribution in [0.4, 0.5) is 5.69 Å². The molecule has 6 nitrogen and oxygen atoms in total. The van der Waals surface area contributed by atoms with Crippen molar-refractivity contribution >= 4 is 63.9 Å². The van der Waals surface area contributed by atoms with Gasteiger partial charge in [0.15, 0.2) is 0 Å². The van der Waals surface area contributed by atoms with E-state index in [9.17, 15) is 0 Å². The van der Waals surface area contributed by atoms with Crippen LogP contribution in [-0.2, 0) is 10.4 Å². The number of nitrogens with two attached hydrogens (primary N) is 1. The molecule has 1 aromatic rings. The Morgan fingerprint density at radius 1 is 1.12 bits per heavy atom. The van der Waals surface area contributed by atoms with Crippen molar-refractivity contribution in [2.75, 3.05) is 5.43 Å². The van der Waals surface area contributed by atoms with Gasteiger partial charge in [-0.1, -0.05) is 0 Å². The first-order chi connectivity index (χ1) is 7.16. The molecule has 0 saturated heterocycles. The normalized spacial score (nSPS) is 10.4. The molecule has 0 aliphatic carbocycles. The van der Waals surface area contributed by atoms with E-state index < -0.39 is 10.4 Å². The molecule has 16 heavy (non-hydrogen) atoms. The van der Waals surface area contributed by atoms with Crippen LogP contribution in [0.15, 0.2) is 25.6 Å². The number of hydrazine groups is 1. The molecule has 0 atom stereocenters. The molecule has 0 amide bonds. The molecule has 0 aliphatic heterocycles. The largest absolute Gasteiger partial charge is 0.394 e. The van der Waals surface area contributed by atoms with Crippen LogP contribution in [0, 0.1) is 0 Å². The third kappa shape index (κ3) is 6.78. The fourth-order valence-corrected chi connectivity index (χ4v) is 2.04. The van der Waals surface area contributed by atoms with Crippen LogP contribution >= 0.6 is 47.8 Å². The summed E-state index contributed by atoms with van der Waals surface area (Å²) in [6.07, 6.45) is 0. The molecule has 10 heteroatoms. The van der Waals surface area contributed by atoms with Crippen molar-refractivity contribution in [2.24, 2.45) is 5.84 Å². The Kier molecular flexibility index (Phi) is 7.01. The fourth-order valence-electron chi connectivity index (χ4n) is 0.637. The molecule has 0 heterocycles. The number of rotatable bonds is 1. The maximum Gasteiger partial charge on any atom is 0.394 e. The van der Waals surface area contributed by atoms with Gasteiger partial charge in [0.05, 0.1) is 10.2 Å². The maximum atomic E-state index is 8.74. The summed E-state index contributed by atoms with van der Waals surface area (Å²) in [5.41, 5.74) is 3.41. The third-order valence-electron chi connectivity index (χ3n) is 1.19. The lowest BCUT2D eigenvalue weighted by Gasteiger charge is -2.05. The molecular weight excluding hydrogens is 436 g/mol. The van der Waals surface area contributed by atoms with Gasteiger partial charge < -0.3 is 5.43 Å². The first-order valence-corrected chi connectivity index (χ1v) is 7.24. The van der Waals surface area contributed by atoms with Gasteiger partial charge in [0.1, 0.15) is 0 Å². The highest BCUT2D eigenvalue weighted by atomic mass is 79.9. The van der Waals surface area contributed by atoms with E-state index in [0.29, 0.717) is 0 Å². The number of anilines is 1. The van der Waals surface area contributed by atoms with Gasteiger partial charge in [-0.2, -0.15) is 8.42 Å². The molecule has 1 rings (SSSR count). The zero-order chi connectivity index (χ0) is 12.9. The van der Waals surface area contributed by atoms with Crippen molar-refractivity contribution in [2.45, 2.75) is 0 Å². The van der Waals surface area contributed by atoms with E-state index in [1.54, 1.807) is 0 Å². The van der Waals surface area contributed by atoms with E-state index in [1.165, 1.54) is 0 Å². The fraction of sp³-hybridized carbons (Fsp3) is 0. The van der Waals surface area contributed by atoms with Crippen molar-refractivity contribution in [3.8, 4) is 0 Å². The summed E-state index contributed by atoms with van der Waals surface area (Å²) in [5.74, 6) is 5.25. The lowest BCUT2D eigenvalue weighted by Crippen LogP contribution is -2.07. The predicted molar refractivity (Wildman–Crippen MR) is 71.5 cm³/mol. The molecule has 0 fully saturated rings. The van der Waals surface area contributed by atoms with Crippen molar-refractivity contribution in [3.63, 3.8) is 0 Å². The Labute approximate surface area is 118 Å². The Hall–Kier alpha value is 0.290. The molecule has 5 N–H and O–H groups in total. The van der Waals surface area contributed by atoms with Gasteiger partial charge in [-0.05, 0) is 59.9 Å². The van der Waals surface area contributed by atoms with E-state index in [4.69, 9.17) is 23.4 Å². The highest BCUT2D eigenvalue weighted by Crippen LogP contribution is 2.35. The van der Waals surface area contributed by atoms with Crippen molar-refractivity contribution in [1.29, 1.82) is 0 Å². The van der Waals surface area contributed by atoms with Crippen LogP contribution in [0.3, 0.4) is 0 Å². The smallest absolute Gasteiger partial charge is 0.323 e. The highest BCUT2D eigenvalue weighted by molar-refractivity contribution is 9.14. The van der Waals surface area contributed by atoms with Crippen LogP contribution in [0.2, 0.25) is 0 Å². The van der Waals surface area contributed by atoms with Crippen LogP contribution in [0.1, 0.15) is 0 Å². The minimum atomic E-state index is -4.67. The molecule has 92 valence electrons. The van der Waals surface area contributed by atoms with Gasteiger partial charge in [-0.3, -0.25) is 14.9 Å². The molecule has 1 aromatic carbocycles. The molecule has 0 radical (unpaired) electrons. The van der Waals surface area contributed by atoms with Gasteiger partial charge in [-0.25, -0.2) is 0 Å². The number of halogens is 3. The van der Waals surface area contributed by atoms with E-state index >= 15 is 0 Å². The van der Waals surface area contributed by atoms with E-state index in [2.05, 4.69) is 53.2 Å². The van der Waals surface area contributed by atoms with Crippen LogP contribution < -0.4 is 11.3 Å². The van der Waals surface area contributed by atoms with Gasteiger partial charge in [0, 0.05) is 8.95 Å². The summed E-state index contributed by atoms with van der Waals surface area (Å²) in [4.78, 5) is 0. The van der Waals surface area contributed by atoms with Gasteiger partial charge in [0.2, 0.25) is 0 Å². The summed E-state index contributed by atoms with van der Waals surface area (Å²) in [5, 5.41) is 0. The Bertz CT molecular complexity index is 457. The SMILES string of the molecule is NNc1ccc(Br)c(Br)c1Br.O=S(=O)(O)O. The molecular formula is C6H7Br3N2O4S. The van der Waals surface area contributed by atoms with Crippen LogP contribution in [0.5, 0.6) is 0 Å². The quantitative estimate of drug-likeness (QED) is 0.230. The van der Waals surface area contributed by atoms with E-state index in [-0.39, 0.29) is 0 Å². The number of hydrogen-bond donors (Lipinski definition) is 4. The summed E-state index contributed by atoms with van der Waals surface area (Å²) in [7, 11) is -4.67. The minimum Gasteiger partial charge on any atom is -0.323 e. The maximum absolute atomic E-state index is 8.74. The van der Waals surface area contributed by atoms with Gasteiger partial charge >= 0.3 is 10.4 Å². The zero-order valence-corrected chi connectivity index (χ0v) is 13.1. The Morgan fingerprint density at radius 3 is 1.94 bits per heavy atom. The van der Waals surface area contributed by atoms with Gasteiger partial charge in [0.25, 0.3) is 0 Å². The second-order valence-electron chi connectivity index (χ2n) is 2.32. The zero-order valence-electron chi connectivity index (χ0n) is 7.49. The second-order valence-corrected chi connectivity index (χ2v) is 5.65. The molecule has 0 aliphatic rings. The lowest BCUT2D eigenvalue weighted by atomic mass is 10.3. The average Bonchev–Trinajstić information content (AvgIpc) is 2.12. The van der Waals surface area contributed by atoms with Crippen molar-refractivity contribution in [1.82, 2.24) is 0 Å². The number of benzene rings is 1. The highest BCUT2D eigenvalue weighted by Gasteiger charge is 2.05. The van der Waals surface area contributed by atoms with Gasteiger partial charge in [-0.15, -0.1) is 0 Å². The Balaban J connectivity index is 0.000000385. The molecule has 0 unspecified atom stereocenters. The first-order valence-electron chi connectivity index (χ1n) is 3.46. The Morgan fingerprint density at radius 2 is 1.56 bits per heavy atom. The lowest BCUT2D eigenvalue weighted by molar-refractivity contribution is 0.381. The number of nitrogens with one attached hydrogen (secondary N) is 1. The minimum absolute atomic E-state index is 0.847. The summed E-state index contributed by atoms with van der Waals surface area (Å²) in [6, 6.07) is 3.78. The topological polar surface area (TPSA) is 113 Å². The second kappa shape index (κ2) is 6.89. The summed E-state index contributed by atoms with van der Waals surface area (Å²) in [6.45, 7) is 0. The summed E-state index contributed by atoms with van der Waals surface area (Å²) < 4.78 is 34.4. The average molecular weight is 443 g/mol.